The largest absolute Gasteiger partial charge is 0.399 e. The summed E-state index contributed by atoms with van der Waals surface area (Å²) in [6.07, 6.45) is 10.1. The average molecular weight is 1020 g/mol. The fourth-order valence-electron chi connectivity index (χ4n) is 6.83. The summed E-state index contributed by atoms with van der Waals surface area (Å²) >= 11 is 0. The number of carbonyl (C=O) groups is 4. The highest BCUT2D eigenvalue weighted by atomic mass is 32.2. The number of anilines is 6. The first kappa shape index (κ1) is 48.5. The zero-order valence-corrected chi connectivity index (χ0v) is 38.2. The molecule has 4 aromatic rings. The van der Waals surface area contributed by atoms with E-state index in [1.165, 1.54) is 103 Å². The van der Waals surface area contributed by atoms with E-state index in [0.717, 1.165) is 24.3 Å². The van der Waals surface area contributed by atoms with Crippen LogP contribution < -0.4 is 38.5 Å². The number of hydrogen-bond donors (Lipinski definition) is 10. The molecule has 0 amide bonds. The Morgan fingerprint density at radius 2 is 0.831 bits per heavy atom. The molecule has 12 N–H and O–H groups in total. The van der Waals surface area contributed by atoms with E-state index in [9.17, 15) is 58.1 Å². The van der Waals surface area contributed by atoms with Crippen LogP contribution in [0.25, 0.3) is 12.2 Å². The van der Waals surface area contributed by atoms with Crippen LogP contribution in [0.5, 0.6) is 0 Å². The van der Waals surface area contributed by atoms with E-state index >= 15 is 0 Å². The topological polar surface area (TPSA) is 393 Å². The highest BCUT2D eigenvalue weighted by Crippen LogP contribution is 2.32. The zero-order chi connectivity index (χ0) is 51.0. The van der Waals surface area contributed by atoms with Crippen molar-refractivity contribution in [3.8, 4) is 0 Å². The summed E-state index contributed by atoms with van der Waals surface area (Å²) in [6, 6.07) is 17.2. The molecule has 360 valence electrons. The standard InChI is InChI=1S/C44H33N11O13S3/c45-24-3-12-33(36(56)17-24)52-49-28-5-1-22-15-39(70(63,64)65)41(43(58)31(22)19-28)54-48-27-9-7-26(8-10-27)47-35-14-11-30(21-38(35)69(60,61)62)51-55-42-40(71(66,67)68)16-23-2-6-29(20-32(23)44(42)59)50-53-34-13-4-25(46)18-37(34)57/h1-21,47-51H,45-46H2,(H,60,61,62)(H,63,64,65)(H,66,67,68). The highest BCUT2D eigenvalue weighted by Gasteiger charge is 2.35. The molecule has 0 radical (unpaired) electrons. The lowest BCUT2D eigenvalue weighted by Crippen LogP contribution is -2.27. The van der Waals surface area contributed by atoms with Crippen molar-refractivity contribution in [3.05, 3.63) is 159 Å². The molecule has 0 bridgehead atoms. The number of benzene rings is 4. The quantitative estimate of drug-likeness (QED) is 0.0514. The van der Waals surface area contributed by atoms with E-state index in [1.807, 2.05) is 0 Å². The fourth-order valence-corrected chi connectivity index (χ4v) is 8.82. The number of hydrazone groups is 4. The van der Waals surface area contributed by atoms with Gasteiger partial charge >= 0.3 is 0 Å². The van der Waals surface area contributed by atoms with Crippen molar-refractivity contribution >= 4 is 123 Å². The molecular weight excluding hydrogens is 987 g/mol. The number of allylic oxidation sites excluding steroid dienone is 8. The molecule has 0 saturated carbocycles. The first-order valence-corrected chi connectivity index (χ1v) is 24.3. The van der Waals surface area contributed by atoms with Gasteiger partial charge in [-0.15, -0.1) is 0 Å². The maximum Gasteiger partial charge on any atom is 0.296 e. The minimum atomic E-state index is -5.07. The van der Waals surface area contributed by atoms with Gasteiger partial charge in [-0.25, -0.2) is 0 Å². The first-order chi connectivity index (χ1) is 33.5. The number of nitrogens with zero attached hydrogens (tertiary/aromatic N) is 4. The molecule has 0 aromatic heterocycles. The predicted molar refractivity (Wildman–Crippen MR) is 264 cm³/mol. The number of fused-ring (bicyclic) bond motifs is 2. The van der Waals surface area contributed by atoms with Gasteiger partial charge in [0.15, 0.2) is 11.4 Å². The molecule has 71 heavy (non-hydrogen) atoms. The number of ketones is 4. The van der Waals surface area contributed by atoms with Crippen LogP contribution in [0, 0.1) is 0 Å². The fraction of sp³-hybridized carbons (Fsp3) is 0. The second-order valence-corrected chi connectivity index (χ2v) is 19.3. The Bertz CT molecular complexity index is 3740. The summed E-state index contributed by atoms with van der Waals surface area (Å²) in [5.41, 5.74) is 21.1. The van der Waals surface area contributed by atoms with Crippen molar-refractivity contribution in [3.63, 3.8) is 0 Å². The minimum absolute atomic E-state index is 0.00344. The maximum absolute atomic E-state index is 13.7. The number of nitrogens with two attached hydrogens (primary N) is 2. The molecule has 0 fully saturated rings. The summed E-state index contributed by atoms with van der Waals surface area (Å²) in [4.78, 5) is 49.4. The second-order valence-electron chi connectivity index (χ2n) is 15.2. The third-order valence-corrected chi connectivity index (χ3v) is 12.8. The second kappa shape index (κ2) is 18.8. The maximum atomic E-state index is 13.7. The van der Waals surface area contributed by atoms with E-state index in [0.29, 0.717) is 0 Å². The molecular formula is C44H33N11O13S3. The summed E-state index contributed by atoms with van der Waals surface area (Å²) in [6.45, 7) is 0. The van der Waals surface area contributed by atoms with Crippen molar-refractivity contribution in [1.29, 1.82) is 0 Å². The molecule has 0 aliphatic heterocycles. The Balaban J connectivity index is 0.986. The van der Waals surface area contributed by atoms with Crippen LogP contribution >= 0.6 is 0 Å². The molecule has 0 spiro atoms. The van der Waals surface area contributed by atoms with Crippen LogP contribution in [0.4, 0.5) is 34.1 Å². The van der Waals surface area contributed by atoms with Gasteiger partial charge in [-0.2, -0.15) is 45.7 Å². The van der Waals surface area contributed by atoms with Gasteiger partial charge in [0.25, 0.3) is 30.4 Å². The predicted octanol–water partition coefficient (Wildman–Crippen LogP) is 3.96. The minimum Gasteiger partial charge on any atom is -0.399 e. The van der Waals surface area contributed by atoms with Crippen LogP contribution in [-0.2, 0) is 39.9 Å². The van der Waals surface area contributed by atoms with Gasteiger partial charge in [-0.1, -0.05) is 12.1 Å². The third-order valence-electron chi connectivity index (χ3n) is 10.2. The van der Waals surface area contributed by atoms with E-state index in [-0.39, 0.29) is 79.2 Å². The Labute approximate surface area is 401 Å². The lowest BCUT2D eigenvalue weighted by atomic mass is 9.94. The molecule has 4 aromatic carbocycles. The van der Waals surface area contributed by atoms with Gasteiger partial charge in [0.05, 0.1) is 28.4 Å². The van der Waals surface area contributed by atoms with Crippen molar-refractivity contribution in [2.45, 2.75) is 4.90 Å². The number of hydrogen-bond acceptors (Lipinski definition) is 21. The van der Waals surface area contributed by atoms with Crippen molar-refractivity contribution in [1.82, 2.24) is 0 Å². The van der Waals surface area contributed by atoms with E-state index in [2.05, 4.69) is 47.4 Å². The summed E-state index contributed by atoms with van der Waals surface area (Å²) in [5, 5.41) is 18.7. The number of carbonyl (C=O) groups excluding carboxylic acids is 4. The molecule has 4 aliphatic rings. The zero-order valence-electron chi connectivity index (χ0n) is 35.7. The van der Waals surface area contributed by atoms with Gasteiger partial charge in [-0.05, 0) is 114 Å². The molecule has 0 atom stereocenters. The third kappa shape index (κ3) is 10.8. The number of nitrogens with one attached hydrogen (secondary N) is 5. The van der Waals surface area contributed by atoms with Gasteiger partial charge in [0.2, 0.25) is 23.1 Å². The Kier molecular flexibility index (Phi) is 12.9. The lowest BCUT2D eigenvalue weighted by Gasteiger charge is -2.17. The van der Waals surface area contributed by atoms with Gasteiger partial charge in [0.1, 0.15) is 26.1 Å². The van der Waals surface area contributed by atoms with Crippen LogP contribution in [0.3, 0.4) is 0 Å². The van der Waals surface area contributed by atoms with E-state index in [4.69, 9.17) is 11.5 Å². The Morgan fingerprint density at radius 3 is 1.27 bits per heavy atom. The molecule has 27 heteroatoms. The summed E-state index contributed by atoms with van der Waals surface area (Å²) < 4.78 is 105. The molecule has 8 rings (SSSR count). The average Bonchev–Trinajstić information content (AvgIpc) is 3.30. The smallest absolute Gasteiger partial charge is 0.296 e. The monoisotopic (exact) mass is 1020 g/mol. The molecule has 0 unspecified atom stereocenters. The molecule has 0 saturated heterocycles. The molecule has 24 nitrogen and oxygen atoms in total. The van der Waals surface area contributed by atoms with Crippen LogP contribution in [0.1, 0.15) is 31.8 Å². The van der Waals surface area contributed by atoms with Crippen LogP contribution in [0.2, 0.25) is 0 Å². The number of Topliss-reactive ketones (excluding diaryl/α,β-unsaturated/α-hetero) is 2. The Morgan fingerprint density at radius 1 is 0.437 bits per heavy atom. The van der Waals surface area contributed by atoms with Gasteiger partial charge in [-0.3, -0.25) is 54.5 Å². The molecule has 4 aliphatic carbocycles. The van der Waals surface area contributed by atoms with Gasteiger partial charge < -0.3 is 16.8 Å². The van der Waals surface area contributed by atoms with Crippen LogP contribution in [0.15, 0.2) is 162 Å². The van der Waals surface area contributed by atoms with Crippen LogP contribution in [-0.4, -0.2) is 84.9 Å². The van der Waals surface area contributed by atoms with Crippen molar-refractivity contribution in [2.75, 3.05) is 27.0 Å². The Hall–Kier alpha value is -8.99. The normalized spacial score (nSPS) is 18.1. The van der Waals surface area contributed by atoms with Crippen molar-refractivity contribution in [2.24, 2.45) is 31.9 Å². The molecule has 0 heterocycles. The van der Waals surface area contributed by atoms with Crippen molar-refractivity contribution < 1.29 is 58.1 Å². The lowest BCUT2D eigenvalue weighted by molar-refractivity contribution is -0.109. The van der Waals surface area contributed by atoms with E-state index in [1.54, 1.807) is 0 Å². The number of rotatable bonds is 13. The van der Waals surface area contributed by atoms with Gasteiger partial charge in [0, 0.05) is 40.4 Å². The van der Waals surface area contributed by atoms with E-state index < -0.39 is 79.6 Å². The summed E-state index contributed by atoms with van der Waals surface area (Å²) in [7, 11) is -15.1. The SMILES string of the molecule is NC1=CC(=O)C(=NNc2ccc3c(c2)C(=O)C(=NNc2ccc(Nc4ccc(NN=C5C(=O)c6cc(NN=C7C=CC(N)=CC7=O)ccc6C=C5S(=O)(=O)O)cc4S(=O)(=O)O)cc2)C(S(=O)(=O)O)=C3)C=C1. The first-order valence-electron chi connectivity index (χ1n) is 20.0. The summed E-state index contributed by atoms with van der Waals surface area (Å²) in [5.74, 6) is -2.84. The highest BCUT2D eigenvalue weighted by molar-refractivity contribution is 7.91.